The van der Waals surface area contributed by atoms with Crippen LogP contribution in [-0.4, -0.2) is 68.2 Å². The highest BCUT2D eigenvalue weighted by Crippen LogP contribution is 2.24. The number of hydrogen-bond donors (Lipinski definition) is 3. The molecular formula is C26H45N7O6P+. The molecule has 0 aromatic carbocycles. The Labute approximate surface area is 237 Å². The Kier molecular flexibility index (Phi) is 13.8. The fourth-order valence-corrected chi connectivity index (χ4v) is 4.50. The Morgan fingerprint density at radius 1 is 1.20 bits per heavy atom. The fraction of sp³-hybridized carbons (Fsp3) is 0.731. The molecule has 1 aliphatic carbocycles. The summed E-state index contributed by atoms with van der Waals surface area (Å²) < 4.78 is 29.9. The Morgan fingerprint density at radius 2 is 1.93 bits per heavy atom. The highest BCUT2D eigenvalue weighted by Gasteiger charge is 2.30. The molecule has 1 saturated carbocycles. The van der Waals surface area contributed by atoms with Crippen LogP contribution in [0.5, 0.6) is 0 Å². The van der Waals surface area contributed by atoms with Gasteiger partial charge in [-0.05, 0) is 57.9 Å². The summed E-state index contributed by atoms with van der Waals surface area (Å²) in [6.45, 7) is 9.92. The van der Waals surface area contributed by atoms with Crippen molar-refractivity contribution in [1.82, 2.24) is 24.6 Å². The van der Waals surface area contributed by atoms with Crippen LogP contribution in [0.3, 0.4) is 0 Å². The van der Waals surface area contributed by atoms with Crippen LogP contribution in [0.15, 0.2) is 12.7 Å². The quantitative estimate of drug-likeness (QED) is 0.158. The van der Waals surface area contributed by atoms with Gasteiger partial charge in [0.2, 0.25) is 0 Å². The number of aromatic nitrogens is 4. The maximum atomic E-state index is 12.1. The lowest BCUT2D eigenvalue weighted by atomic mass is 9.96. The second kappa shape index (κ2) is 16.5. The van der Waals surface area contributed by atoms with Gasteiger partial charge in [0.1, 0.15) is 29.5 Å². The molecule has 2 aromatic rings. The number of nitrogens with zero attached hydrogens (tertiary/aromatic N) is 4. The molecule has 224 valence electrons. The van der Waals surface area contributed by atoms with Gasteiger partial charge in [-0.25, -0.2) is 15.0 Å². The average Bonchev–Trinajstić information content (AvgIpc) is 3.28. The van der Waals surface area contributed by atoms with Crippen molar-refractivity contribution in [1.29, 1.82) is 0 Å². The smallest absolute Gasteiger partial charge is 0.461 e. The number of unbranched alkanes of at least 4 members (excludes halogenated alkanes) is 3. The summed E-state index contributed by atoms with van der Waals surface area (Å²) >= 11 is 0. The number of esters is 2. The van der Waals surface area contributed by atoms with Gasteiger partial charge in [-0.2, -0.15) is 0 Å². The first kappa shape index (κ1) is 33.5. The van der Waals surface area contributed by atoms with E-state index in [1.165, 1.54) is 19.2 Å². The predicted molar refractivity (Wildman–Crippen MR) is 152 cm³/mol. The zero-order chi connectivity index (χ0) is 29.7. The van der Waals surface area contributed by atoms with Crippen molar-refractivity contribution in [2.75, 3.05) is 18.7 Å². The molecule has 5 N–H and O–H groups in total. The molecule has 0 bridgehead atoms. The molecule has 40 heavy (non-hydrogen) atoms. The van der Waals surface area contributed by atoms with Crippen LogP contribution in [0.2, 0.25) is 0 Å². The first-order valence-corrected chi connectivity index (χ1v) is 15.3. The van der Waals surface area contributed by atoms with Crippen LogP contribution in [0.1, 0.15) is 79.6 Å². The lowest BCUT2D eigenvalue weighted by molar-refractivity contribution is -0.154. The Balaban J connectivity index is 0.000000366. The number of nitrogen functional groups attached to an aromatic ring is 1. The predicted octanol–water partition coefficient (Wildman–Crippen LogP) is 3.43. The zero-order valence-corrected chi connectivity index (χ0v) is 25.2. The van der Waals surface area contributed by atoms with Crippen LogP contribution in [0.4, 0.5) is 5.82 Å². The van der Waals surface area contributed by atoms with E-state index in [0.717, 1.165) is 32.1 Å². The molecule has 3 rings (SSSR count). The second-order valence-corrected chi connectivity index (χ2v) is 11.8. The molecule has 13 nitrogen and oxygen atoms in total. The highest BCUT2D eigenvalue weighted by molar-refractivity contribution is 7.42. The summed E-state index contributed by atoms with van der Waals surface area (Å²) in [5.74, 6) is -0.371. The van der Waals surface area contributed by atoms with Crippen molar-refractivity contribution >= 4 is 36.9 Å². The molecule has 0 aliphatic heterocycles. The standard InChI is InChI=1S/C16H24N6O4P.C10H21NO2/c1-10(6-22-8-20-13-14(17)18-7-19-15(13)22)25-9-27(24)21-11(2)16(23)26-12-4-3-5-12;1-4-5-6-7-8-13-9(12)10(2,3)11/h7-8,10-12H,3-6,9H2,1-2H3,(H,21,24)(H2,17,18,19);4-8,11H2,1-3H3/q+1;. The first-order valence-electron chi connectivity index (χ1n) is 13.8. The van der Waals surface area contributed by atoms with E-state index in [9.17, 15) is 14.2 Å². The van der Waals surface area contributed by atoms with Crippen LogP contribution in [-0.2, 0) is 34.9 Å². The third-order valence-corrected chi connectivity index (χ3v) is 7.20. The highest BCUT2D eigenvalue weighted by atomic mass is 31.1. The number of fused-ring (bicyclic) bond motifs is 1. The van der Waals surface area contributed by atoms with Crippen molar-refractivity contribution in [2.45, 2.75) is 110 Å². The summed E-state index contributed by atoms with van der Waals surface area (Å²) in [5, 5.41) is 2.74. The third kappa shape index (κ3) is 11.4. The lowest BCUT2D eigenvalue weighted by Crippen LogP contribution is -2.42. The Hall–Kier alpha value is -2.73. The van der Waals surface area contributed by atoms with Gasteiger partial charge in [0.15, 0.2) is 11.5 Å². The van der Waals surface area contributed by atoms with Crippen molar-refractivity contribution < 1.29 is 28.4 Å². The average molecular weight is 583 g/mol. The number of carbonyl (C=O) groups excluding carboxylic acids is 2. The zero-order valence-electron chi connectivity index (χ0n) is 24.3. The summed E-state index contributed by atoms with van der Waals surface area (Å²) in [6, 6.07) is -0.634. The van der Waals surface area contributed by atoms with Crippen LogP contribution >= 0.6 is 7.95 Å². The first-order chi connectivity index (χ1) is 18.9. The van der Waals surface area contributed by atoms with E-state index in [0.29, 0.717) is 30.1 Å². The summed E-state index contributed by atoms with van der Waals surface area (Å²) in [6.07, 6.45) is 10.1. The molecule has 2 heterocycles. The van der Waals surface area contributed by atoms with Crippen molar-refractivity contribution in [3.63, 3.8) is 0 Å². The third-order valence-electron chi connectivity index (χ3n) is 6.14. The molecular weight excluding hydrogens is 537 g/mol. The van der Waals surface area contributed by atoms with Crippen LogP contribution < -0.4 is 16.6 Å². The van der Waals surface area contributed by atoms with E-state index in [1.54, 1.807) is 31.7 Å². The minimum absolute atomic E-state index is 0.0126. The van der Waals surface area contributed by atoms with Gasteiger partial charge < -0.3 is 30.2 Å². The van der Waals surface area contributed by atoms with E-state index in [-0.39, 0.29) is 30.5 Å². The van der Waals surface area contributed by atoms with E-state index in [4.69, 9.17) is 25.7 Å². The molecule has 3 atom stereocenters. The van der Waals surface area contributed by atoms with Crippen molar-refractivity contribution in [2.24, 2.45) is 5.73 Å². The lowest BCUT2D eigenvalue weighted by Gasteiger charge is -2.25. The Morgan fingerprint density at radius 3 is 2.55 bits per heavy atom. The molecule has 0 spiro atoms. The topological polar surface area (TPSA) is 187 Å². The largest absolute Gasteiger partial charge is 0.464 e. The van der Waals surface area contributed by atoms with Crippen molar-refractivity contribution in [3.05, 3.63) is 12.7 Å². The van der Waals surface area contributed by atoms with E-state index < -0.39 is 19.5 Å². The van der Waals surface area contributed by atoms with Gasteiger partial charge in [-0.1, -0.05) is 31.3 Å². The number of ether oxygens (including phenoxy) is 3. The van der Waals surface area contributed by atoms with Gasteiger partial charge in [0.05, 0.1) is 25.6 Å². The molecule has 1 aliphatic rings. The minimum atomic E-state index is -1.89. The van der Waals surface area contributed by atoms with Gasteiger partial charge in [0, 0.05) is 0 Å². The number of anilines is 1. The number of imidazole rings is 1. The maximum Gasteiger partial charge on any atom is 0.461 e. The number of nitrogens with one attached hydrogen (secondary N) is 1. The SMILES string of the molecule is CC(Cn1cnc2c(N)ncnc21)OC[P+](=O)NC(C)C(=O)OC1CCC1.CCCCCCOC(=O)C(C)(C)N. The van der Waals surface area contributed by atoms with Gasteiger partial charge >= 0.3 is 19.9 Å². The van der Waals surface area contributed by atoms with E-state index >= 15 is 0 Å². The van der Waals surface area contributed by atoms with E-state index in [2.05, 4.69) is 27.0 Å². The van der Waals surface area contributed by atoms with Gasteiger partial charge in [-0.3, -0.25) is 9.59 Å². The maximum absolute atomic E-state index is 12.1. The minimum Gasteiger partial charge on any atom is -0.464 e. The Bertz CT molecular complexity index is 1100. The molecule has 0 radical (unpaired) electrons. The fourth-order valence-electron chi connectivity index (χ4n) is 3.50. The van der Waals surface area contributed by atoms with Crippen LogP contribution in [0.25, 0.3) is 11.2 Å². The van der Waals surface area contributed by atoms with Gasteiger partial charge in [-0.15, -0.1) is 0 Å². The number of nitrogens with two attached hydrogens (primary N) is 2. The normalized spacial score (nSPS) is 15.4. The van der Waals surface area contributed by atoms with Gasteiger partial charge in [0.25, 0.3) is 6.35 Å². The number of rotatable bonds is 15. The molecule has 2 aromatic heterocycles. The number of hydrogen-bond acceptors (Lipinski definition) is 11. The molecule has 3 unspecified atom stereocenters. The van der Waals surface area contributed by atoms with E-state index in [1.807, 2.05) is 6.92 Å². The molecule has 0 amide bonds. The summed E-state index contributed by atoms with van der Waals surface area (Å²) in [5.41, 5.74) is 11.6. The number of carbonyl (C=O) groups is 2. The van der Waals surface area contributed by atoms with Crippen LogP contribution in [0, 0.1) is 0 Å². The summed E-state index contributed by atoms with van der Waals surface area (Å²) in [7, 11) is -1.89. The monoisotopic (exact) mass is 582 g/mol. The summed E-state index contributed by atoms with van der Waals surface area (Å²) in [4.78, 5) is 35.3. The molecule has 1 fully saturated rings. The second-order valence-electron chi connectivity index (χ2n) is 10.6. The van der Waals surface area contributed by atoms with Crippen molar-refractivity contribution in [3.8, 4) is 0 Å². The molecule has 0 saturated heterocycles. The molecule has 14 heteroatoms.